The van der Waals surface area contributed by atoms with Crippen molar-refractivity contribution in [2.75, 3.05) is 12.4 Å². The van der Waals surface area contributed by atoms with Crippen LogP contribution >= 0.6 is 0 Å². The average molecular weight is 273 g/mol. The first-order valence-electron chi connectivity index (χ1n) is 7.04. The Kier molecular flexibility index (Phi) is 3.69. The summed E-state index contributed by atoms with van der Waals surface area (Å²) in [5, 5.41) is 3.96. The van der Waals surface area contributed by atoms with E-state index in [0.29, 0.717) is 23.5 Å². The molecule has 1 heterocycles. The van der Waals surface area contributed by atoms with Gasteiger partial charge < -0.3 is 10.1 Å². The topological polar surface area (TPSA) is 67.0 Å². The van der Waals surface area contributed by atoms with E-state index in [1.165, 1.54) is 0 Å². The molecule has 0 bridgehead atoms. The van der Waals surface area contributed by atoms with Crippen LogP contribution in [0.25, 0.3) is 10.9 Å². The molecule has 5 nitrogen and oxygen atoms in total. The summed E-state index contributed by atoms with van der Waals surface area (Å²) in [5.74, 6) is 0.564. The predicted molar refractivity (Wildman–Crippen MR) is 79.0 cm³/mol. The van der Waals surface area contributed by atoms with Crippen molar-refractivity contribution in [3.8, 4) is 0 Å². The molecular formula is C15H19N3O2. The molecule has 20 heavy (non-hydrogen) atoms. The van der Waals surface area contributed by atoms with Gasteiger partial charge in [0.15, 0.2) is 0 Å². The van der Waals surface area contributed by atoms with Crippen molar-refractivity contribution in [3.63, 3.8) is 0 Å². The maximum absolute atomic E-state index is 12.0. The number of hydrogen-bond acceptors (Lipinski definition) is 4. The third-order valence-corrected chi connectivity index (χ3v) is 3.96. The van der Waals surface area contributed by atoms with E-state index in [4.69, 9.17) is 4.74 Å². The first kappa shape index (κ1) is 13.1. The fourth-order valence-corrected chi connectivity index (χ4v) is 2.79. The highest BCUT2D eigenvalue weighted by atomic mass is 16.5. The molecule has 106 valence electrons. The molecular weight excluding hydrogens is 254 g/mol. The SMILES string of the molecule is CO[C@H]1CC[C@@H](Nc2nc3ccccc3c(=O)[nH]2)CC1. The number of nitrogens with zero attached hydrogens (tertiary/aromatic N) is 1. The van der Waals surface area contributed by atoms with E-state index in [9.17, 15) is 4.79 Å². The summed E-state index contributed by atoms with van der Waals surface area (Å²) in [5.41, 5.74) is 0.632. The maximum atomic E-state index is 12.0. The number of para-hydroxylation sites is 1. The van der Waals surface area contributed by atoms with E-state index in [-0.39, 0.29) is 5.56 Å². The summed E-state index contributed by atoms with van der Waals surface area (Å²) in [7, 11) is 1.76. The molecule has 5 heteroatoms. The summed E-state index contributed by atoms with van der Waals surface area (Å²) in [6.07, 6.45) is 4.54. The second-order valence-electron chi connectivity index (χ2n) is 5.29. The Morgan fingerprint density at radius 2 is 2.00 bits per heavy atom. The van der Waals surface area contributed by atoms with Crippen molar-refractivity contribution in [1.82, 2.24) is 9.97 Å². The van der Waals surface area contributed by atoms with Gasteiger partial charge in [0.25, 0.3) is 5.56 Å². The zero-order valence-corrected chi connectivity index (χ0v) is 11.6. The Morgan fingerprint density at radius 1 is 1.25 bits per heavy atom. The van der Waals surface area contributed by atoms with E-state index in [1.54, 1.807) is 13.2 Å². The fourth-order valence-electron chi connectivity index (χ4n) is 2.79. The number of hydrogen-bond donors (Lipinski definition) is 2. The number of methoxy groups -OCH3 is 1. The average Bonchev–Trinajstić information content (AvgIpc) is 2.48. The van der Waals surface area contributed by atoms with Gasteiger partial charge >= 0.3 is 0 Å². The lowest BCUT2D eigenvalue weighted by Crippen LogP contribution is -2.30. The van der Waals surface area contributed by atoms with Gasteiger partial charge in [-0.25, -0.2) is 4.98 Å². The number of H-pyrrole nitrogens is 1. The zero-order valence-electron chi connectivity index (χ0n) is 11.6. The number of ether oxygens (including phenoxy) is 1. The van der Waals surface area contributed by atoms with Crippen molar-refractivity contribution in [2.24, 2.45) is 0 Å². The van der Waals surface area contributed by atoms with Crippen LogP contribution in [0, 0.1) is 0 Å². The Morgan fingerprint density at radius 3 is 2.75 bits per heavy atom. The van der Waals surface area contributed by atoms with Gasteiger partial charge in [-0.1, -0.05) is 12.1 Å². The van der Waals surface area contributed by atoms with Gasteiger partial charge in [0, 0.05) is 13.2 Å². The first-order chi connectivity index (χ1) is 9.76. The van der Waals surface area contributed by atoms with E-state index >= 15 is 0 Å². The van der Waals surface area contributed by atoms with Crippen LogP contribution in [-0.4, -0.2) is 29.2 Å². The van der Waals surface area contributed by atoms with Crippen LogP contribution in [0.5, 0.6) is 0 Å². The second-order valence-corrected chi connectivity index (χ2v) is 5.29. The molecule has 2 aromatic rings. The molecule has 0 atom stereocenters. The fraction of sp³-hybridized carbons (Fsp3) is 0.467. The van der Waals surface area contributed by atoms with Crippen molar-refractivity contribution in [1.29, 1.82) is 0 Å². The third kappa shape index (κ3) is 2.67. The van der Waals surface area contributed by atoms with Crippen molar-refractivity contribution in [2.45, 2.75) is 37.8 Å². The number of benzene rings is 1. The van der Waals surface area contributed by atoms with Gasteiger partial charge in [-0.05, 0) is 37.8 Å². The molecule has 1 aliphatic carbocycles. The Labute approximate surface area is 117 Å². The van der Waals surface area contributed by atoms with Crippen molar-refractivity contribution >= 4 is 16.9 Å². The maximum Gasteiger partial charge on any atom is 0.260 e. The molecule has 2 N–H and O–H groups in total. The molecule has 0 saturated heterocycles. The zero-order chi connectivity index (χ0) is 13.9. The summed E-state index contributed by atoms with van der Waals surface area (Å²) in [4.78, 5) is 19.3. The van der Waals surface area contributed by atoms with Crippen molar-refractivity contribution in [3.05, 3.63) is 34.6 Å². The summed E-state index contributed by atoms with van der Waals surface area (Å²) < 4.78 is 5.37. The smallest absolute Gasteiger partial charge is 0.260 e. The molecule has 1 aliphatic rings. The summed E-state index contributed by atoms with van der Waals surface area (Å²) >= 11 is 0. The summed E-state index contributed by atoms with van der Waals surface area (Å²) in [6.45, 7) is 0. The molecule has 0 radical (unpaired) electrons. The van der Waals surface area contributed by atoms with Crippen LogP contribution in [0.1, 0.15) is 25.7 Å². The minimum absolute atomic E-state index is 0.0938. The second kappa shape index (κ2) is 5.63. The third-order valence-electron chi connectivity index (χ3n) is 3.96. The molecule has 0 aliphatic heterocycles. The van der Waals surface area contributed by atoms with Gasteiger partial charge in [-0.3, -0.25) is 9.78 Å². The van der Waals surface area contributed by atoms with Gasteiger partial charge in [0.1, 0.15) is 0 Å². The lowest BCUT2D eigenvalue weighted by molar-refractivity contribution is 0.0681. The number of aromatic amines is 1. The number of aromatic nitrogens is 2. The van der Waals surface area contributed by atoms with Gasteiger partial charge in [0.2, 0.25) is 5.95 Å². The number of anilines is 1. The van der Waals surface area contributed by atoms with Gasteiger partial charge in [-0.2, -0.15) is 0 Å². The van der Waals surface area contributed by atoms with Gasteiger partial charge in [-0.15, -0.1) is 0 Å². The van der Waals surface area contributed by atoms with E-state index < -0.39 is 0 Å². The van der Waals surface area contributed by atoms with Crippen LogP contribution in [0.3, 0.4) is 0 Å². The lowest BCUT2D eigenvalue weighted by Gasteiger charge is -2.28. The minimum Gasteiger partial charge on any atom is -0.381 e. The number of fused-ring (bicyclic) bond motifs is 1. The van der Waals surface area contributed by atoms with Crippen LogP contribution in [0.4, 0.5) is 5.95 Å². The number of rotatable bonds is 3. The first-order valence-corrected chi connectivity index (χ1v) is 7.04. The van der Waals surface area contributed by atoms with Crippen molar-refractivity contribution < 1.29 is 4.74 Å². The highest BCUT2D eigenvalue weighted by Crippen LogP contribution is 2.22. The predicted octanol–water partition coefficient (Wildman–Crippen LogP) is 2.29. The lowest BCUT2D eigenvalue weighted by atomic mass is 9.93. The normalized spacial score (nSPS) is 22.9. The highest BCUT2D eigenvalue weighted by molar-refractivity contribution is 5.78. The molecule has 0 spiro atoms. The molecule has 1 saturated carbocycles. The van der Waals surface area contributed by atoms with E-state index in [2.05, 4.69) is 15.3 Å². The quantitative estimate of drug-likeness (QED) is 0.900. The van der Waals surface area contributed by atoms with Crippen LogP contribution in [0.2, 0.25) is 0 Å². The standard InChI is InChI=1S/C15H19N3O2/c1-20-11-8-6-10(7-9-11)16-15-17-13-5-3-2-4-12(13)14(19)18-15/h2-5,10-11H,6-9H2,1H3,(H2,16,17,18,19)/t10-,11+. The van der Waals surface area contributed by atoms with Gasteiger partial charge in [0.05, 0.1) is 17.0 Å². The summed E-state index contributed by atoms with van der Waals surface area (Å²) in [6, 6.07) is 7.73. The Balaban J connectivity index is 1.77. The molecule has 1 fully saturated rings. The Hall–Kier alpha value is -1.88. The van der Waals surface area contributed by atoms with Crippen LogP contribution in [-0.2, 0) is 4.74 Å². The largest absolute Gasteiger partial charge is 0.381 e. The molecule has 3 rings (SSSR count). The molecule has 1 aromatic heterocycles. The monoisotopic (exact) mass is 273 g/mol. The van der Waals surface area contributed by atoms with Crippen LogP contribution in [0.15, 0.2) is 29.1 Å². The van der Waals surface area contributed by atoms with Crippen LogP contribution < -0.4 is 10.9 Å². The number of nitrogens with one attached hydrogen (secondary N) is 2. The Bertz CT molecular complexity index is 645. The van der Waals surface area contributed by atoms with E-state index in [0.717, 1.165) is 31.2 Å². The molecule has 0 amide bonds. The van der Waals surface area contributed by atoms with E-state index in [1.807, 2.05) is 18.2 Å². The minimum atomic E-state index is -0.0938. The molecule has 0 unspecified atom stereocenters. The highest BCUT2D eigenvalue weighted by Gasteiger charge is 2.21. The molecule has 1 aromatic carbocycles.